The number of nitrogens with one attached hydrogen (secondary N) is 1. The molecule has 0 radical (unpaired) electrons. The van der Waals surface area contributed by atoms with Gasteiger partial charge in [-0.3, -0.25) is 4.90 Å². The van der Waals surface area contributed by atoms with Crippen molar-refractivity contribution in [1.82, 2.24) is 19.5 Å². The second kappa shape index (κ2) is 9.88. The van der Waals surface area contributed by atoms with Crippen molar-refractivity contribution in [2.75, 3.05) is 25.0 Å². The molecule has 0 bridgehead atoms. The summed E-state index contributed by atoms with van der Waals surface area (Å²) in [4.78, 5) is 7.41. The first-order valence-electron chi connectivity index (χ1n) is 11.4. The predicted molar refractivity (Wildman–Crippen MR) is 142 cm³/mol. The molecular formula is C25H26BBrClN5. The molecule has 0 amide bonds. The minimum Gasteiger partial charge on any atom is -0.370 e. The second-order valence-electron chi connectivity index (χ2n) is 8.79. The molecule has 1 aliphatic heterocycles. The maximum atomic E-state index is 6.48. The number of halogens is 2. The molecule has 0 spiro atoms. The Morgan fingerprint density at radius 3 is 2.82 bits per heavy atom. The van der Waals surface area contributed by atoms with Crippen molar-refractivity contribution >= 4 is 52.3 Å². The first kappa shape index (κ1) is 22.4. The van der Waals surface area contributed by atoms with E-state index in [1.807, 2.05) is 42.8 Å². The third kappa shape index (κ3) is 4.95. The number of fused-ring (bicyclic) bond motifs is 1. The standard InChI is InChI=1S/C25H26BBrClN5/c26-20-14-30-33-24(12-23(31-25(20)33)19-8-2-4-10-22(19)28)29-13-17-6-5-11-32(15-17)16-18-7-1-3-9-21(18)27/h1-4,7-10,12,14,17,29H,5-6,11,13,15-16,26H2. The summed E-state index contributed by atoms with van der Waals surface area (Å²) >= 11 is 10.2. The Labute approximate surface area is 208 Å². The minimum absolute atomic E-state index is 0.574. The molecule has 8 heteroatoms. The zero-order chi connectivity index (χ0) is 22.8. The lowest BCUT2D eigenvalue weighted by Gasteiger charge is -2.33. The summed E-state index contributed by atoms with van der Waals surface area (Å²) in [6.45, 7) is 4.10. The molecule has 4 aromatic rings. The molecule has 1 unspecified atom stereocenters. The molecule has 1 atom stereocenters. The van der Waals surface area contributed by atoms with Crippen LogP contribution in [0.5, 0.6) is 0 Å². The molecule has 2 aromatic heterocycles. The molecule has 1 aliphatic rings. The molecular weight excluding hydrogens is 496 g/mol. The average Bonchev–Trinajstić information content (AvgIpc) is 3.20. The molecule has 2 aromatic carbocycles. The van der Waals surface area contributed by atoms with Crippen molar-refractivity contribution in [3.8, 4) is 11.3 Å². The molecule has 3 heterocycles. The number of rotatable bonds is 6. The van der Waals surface area contributed by atoms with Gasteiger partial charge in [-0.15, -0.1) is 0 Å². The van der Waals surface area contributed by atoms with Gasteiger partial charge in [0.05, 0.1) is 5.69 Å². The van der Waals surface area contributed by atoms with Crippen molar-refractivity contribution in [1.29, 1.82) is 0 Å². The number of piperidine rings is 1. The summed E-state index contributed by atoms with van der Waals surface area (Å²) in [7, 11) is 2.04. The Hall–Kier alpha value is -2.35. The summed E-state index contributed by atoms with van der Waals surface area (Å²) in [6.07, 6.45) is 4.31. The third-order valence-corrected chi connectivity index (χ3v) is 7.43. The van der Waals surface area contributed by atoms with Crippen LogP contribution < -0.4 is 10.8 Å². The number of benzene rings is 2. The molecule has 1 fully saturated rings. The van der Waals surface area contributed by atoms with E-state index in [0.29, 0.717) is 10.9 Å². The number of nitrogens with zero attached hydrogens (tertiary/aromatic N) is 4. The largest absolute Gasteiger partial charge is 0.370 e. The number of anilines is 1. The maximum Gasteiger partial charge on any atom is 0.151 e. The van der Waals surface area contributed by atoms with Crippen LogP contribution in [0.1, 0.15) is 18.4 Å². The summed E-state index contributed by atoms with van der Waals surface area (Å²) in [6, 6.07) is 18.4. The Morgan fingerprint density at radius 2 is 1.97 bits per heavy atom. The highest BCUT2D eigenvalue weighted by molar-refractivity contribution is 9.10. The fourth-order valence-electron chi connectivity index (χ4n) is 4.58. The van der Waals surface area contributed by atoms with Gasteiger partial charge in [0.15, 0.2) is 5.65 Å². The predicted octanol–water partition coefficient (Wildman–Crippen LogP) is 4.39. The molecule has 1 saturated heterocycles. The van der Waals surface area contributed by atoms with E-state index in [9.17, 15) is 0 Å². The fourth-order valence-corrected chi connectivity index (χ4v) is 5.23. The van der Waals surface area contributed by atoms with Crippen molar-refractivity contribution in [3.63, 3.8) is 0 Å². The van der Waals surface area contributed by atoms with Gasteiger partial charge in [0, 0.05) is 47.0 Å². The van der Waals surface area contributed by atoms with Crippen molar-refractivity contribution in [3.05, 3.63) is 75.9 Å². The van der Waals surface area contributed by atoms with Crippen LogP contribution in [-0.4, -0.2) is 47.0 Å². The smallest absolute Gasteiger partial charge is 0.151 e. The van der Waals surface area contributed by atoms with Crippen LogP contribution in [0.25, 0.3) is 16.9 Å². The van der Waals surface area contributed by atoms with Crippen LogP contribution in [0.4, 0.5) is 5.82 Å². The van der Waals surface area contributed by atoms with Crippen molar-refractivity contribution in [2.45, 2.75) is 19.4 Å². The van der Waals surface area contributed by atoms with E-state index in [-0.39, 0.29) is 0 Å². The van der Waals surface area contributed by atoms with E-state index in [1.54, 1.807) is 0 Å². The average molecular weight is 523 g/mol. The van der Waals surface area contributed by atoms with Gasteiger partial charge in [-0.2, -0.15) is 9.61 Å². The summed E-state index contributed by atoms with van der Waals surface area (Å²) in [5.41, 5.74) is 5.04. The summed E-state index contributed by atoms with van der Waals surface area (Å²) in [5, 5.41) is 8.94. The van der Waals surface area contributed by atoms with Crippen LogP contribution in [-0.2, 0) is 6.54 Å². The lowest BCUT2D eigenvalue weighted by Crippen LogP contribution is -2.37. The Kier molecular flexibility index (Phi) is 6.72. The zero-order valence-corrected chi connectivity index (χ0v) is 21.0. The molecule has 5 rings (SSSR count). The van der Waals surface area contributed by atoms with Crippen LogP contribution in [0.3, 0.4) is 0 Å². The van der Waals surface area contributed by atoms with E-state index >= 15 is 0 Å². The number of hydrogen-bond donors (Lipinski definition) is 1. The molecule has 168 valence electrons. The Morgan fingerprint density at radius 1 is 1.15 bits per heavy atom. The molecule has 0 saturated carbocycles. The van der Waals surface area contributed by atoms with E-state index in [1.165, 1.54) is 22.9 Å². The Bertz CT molecular complexity index is 1280. The lowest BCUT2D eigenvalue weighted by molar-refractivity contribution is 0.173. The number of likely N-dealkylation sites (tertiary alicyclic amines) is 1. The third-order valence-electron chi connectivity index (χ3n) is 6.32. The van der Waals surface area contributed by atoms with Crippen molar-refractivity contribution in [2.24, 2.45) is 5.92 Å². The second-order valence-corrected chi connectivity index (χ2v) is 10.0. The van der Waals surface area contributed by atoms with Crippen LogP contribution >= 0.6 is 27.5 Å². The first-order valence-corrected chi connectivity index (χ1v) is 12.6. The Balaban J connectivity index is 1.34. The number of hydrogen-bond acceptors (Lipinski definition) is 4. The zero-order valence-electron chi connectivity index (χ0n) is 18.6. The summed E-state index contributed by atoms with van der Waals surface area (Å²) < 4.78 is 3.09. The fraction of sp³-hybridized carbons (Fsp3) is 0.280. The van der Waals surface area contributed by atoms with Crippen molar-refractivity contribution < 1.29 is 0 Å². The topological polar surface area (TPSA) is 45.5 Å². The normalized spacial score (nSPS) is 16.8. The van der Waals surface area contributed by atoms with Gasteiger partial charge in [0.2, 0.25) is 0 Å². The first-order chi connectivity index (χ1) is 16.1. The van der Waals surface area contributed by atoms with E-state index in [4.69, 9.17) is 16.6 Å². The molecule has 33 heavy (non-hydrogen) atoms. The minimum atomic E-state index is 0.574. The molecule has 5 nitrogen and oxygen atoms in total. The van der Waals surface area contributed by atoms with Gasteiger partial charge in [-0.25, -0.2) is 4.98 Å². The highest BCUT2D eigenvalue weighted by atomic mass is 79.9. The van der Waals surface area contributed by atoms with E-state index in [0.717, 1.165) is 54.4 Å². The quantitative estimate of drug-likeness (QED) is 0.382. The summed E-state index contributed by atoms with van der Waals surface area (Å²) in [5.74, 6) is 1.52. The van der Waals surface area contributed by atoms with Gasteiger partial charge in [-0.05, 0) is 48.5 Å². The van der Waals surface area contributed by atoms with Gasteiger partial charge in [0.25, 0.3) is 0 Å². The van der Waals surface area contributed by atoms with Gasteiger partial charge >= 0.3 is 0 Å². The maximum absolute atomic E-state index is 6.48. The van der Waals surface area contributed by atoms with E-state index < -0.39 is 0 Å². The van der Waals surface area contributed by atoms with Crippen LogP contribution in [0.15, 0.2) is 65.3 Å². The van der Waals surface area contributed by atoms with Crippen LogP contribution in [0, 0.1) is 5.92 Å². The lowest BCUT2D eigenvalue weighted by atomic mass is 9.97. The SMILES string of the molecule is Bc1cnn2c(NCC3CCCN(Cc4ccccc4Br)C3)cc(-c3ccccc3Cl)nc12. The monoisotopic (exact) mass is 521 g/mol. The highest BCUT2D eigenvalue weighted by Crippen LogP contribution is 2.29. The van der Waals surface area contributed by atoms with E-state index in [2.05, 4.69) is 61.6 Å². The van der Waals surface area contributed by atoms with Gasteiger partial charge in [-0.1, -0.05) is 63.9 Å². The highest BCUT2D eigenvalue weighted by Gasteiger charge is 2.21. The number of aromatic nitrogens is 3. The van der Waals surface area contributed by atoms with Crippen LogP contribution in [0.2, 0.25) is 5.02 Å². The molecule has 0 aliphatic carbocycles. The molecule has 1 N–H and O–H groups in total. The van der Waals surface area contributed by atoms with Gasteiger partial charge < -0.3 is 5.32 Å². The van der Waals surface area contributed by atoms with Gasteiger partial charge in [0.1, 0.15) is 13.7 Å².